The van der Waals surface area contributed by atoms with Gasteiger partial charge in [0.2, 0.25) is 0 Å². The Bertz CT molecular complexity index is 528. The number of thioether (sulfide) groups is 1. The minimum absolute atomic E-state index is 0.985. The molecule has 0 bridgehead atoms. The summed E-state index contributed by atoms with van der Waals surface area (Å²) in [5.74, 6) is 2.19. The van der Waals surface area contributed by atoms with Crippen molar-refractivity contribution in [2.45, 2.75) is 12.7 Å². The van der Waals surface area contributed by atoms with Crippen molar-refractivity contribution >= 4 is 33.4 Å². The number of nitrogens with one attached hydrogen (secondary N) is 1. The van der Waals surface area contributed by atoms with E-state index in [0.29, 0.717) is 0 Å². The van der Waals surface area contributed by atoms with Crippen LogP contribution in [-0.4, -0.2) is 12.3 Å². The molecule has 0 fully saturated rings. The smallest absolute Gasteiger partial charge is 0.0484 e. The largest absolute Gasteiger partial charge is 0.383 e. The number of hydrogen-bond acceptors (Lipinski definition) is 2. The maximum atomic E-state index is 3.54. The minimum Gasteiger partial charge on any atom is -0.383 e. The Morgan fingerprint density at radius 3 is 2.74 bits per heavy atom. The average molecular weight is 336 g/mol. The monoisotopic (exact) mass is 335 g/mol. The van der Waals surface area contributed by atoms with Crippen molar-refractivity contribution in [2.75, 3.05) is 17.6 Å². The van der Waals surface area contributed by atoms with E-state index in [-0.39, 0.29) is 0 Å². The molecule has 0 aliphatic heterocycles. The molecular weight excluding hydrogens is 318 g/mol. The fourth-order valence-electron chi connectivity index (χ4n) is 1.85. The molecule has 0 aromatic heterocycles. The van der Waals surface area contributed by atoms with Gasteiger partial charge in [0.05, 0.1) is 0 Å². The molecular formula is C16H18BrNS. The van der Waals surface area contributed by atoms with Gasteiger partial charge in [0.1, 0.15) is 0 Å². The van der Waals surface area contributed by atoms with Gasteiger partial charge in [0.15, 0.2) is 0 Å². The molecule has 19 heavy (non-hydrogen) atoms. The first-order valence-corrected chi connectivity index (χ1v) is 8.32. The number of hydrogen-bond donors (Lipinski definition) is 1. The summed E-state index contributed by atoms with van der Waals surface area (Å²) in [6, 6.07) is 17.0. The Labute approximate surface area is 127 Å². The summed E-state index contributed by atoms with van der Waals surface area (Å²) >= 11 is 5.50. The second kappa shape index (κ2) is 7.61. The molecule has 0 saturated carbocycles. The van der Waals surface area contributed by atoms with Crippen LogP contribution in [0.25, 0.3) is 0 Å². The molecule has 0 aliphatic rings. The van der Waals surface area contributed by atoms with Crippen molar-refractivity contribution in [3.05, 3.63) is 64.1 Å². The van der Waals surface area contributed by atoms with E-state index in [1.807, 2.05) is 23.9 Å². The van der Waals surface area contributed by atoms with Crippen molar-refractivity contribution in [1.82, 2.24) is 0 Å². The van der Waals surface area contributed by atoms with Crippen molar-refractivity contribution in [1.29, 1.82) is 0 Å². The average Bonchev–Trinajstić information content (AvgIpc) is 2.40. The van der Waals surface area contributed by atoms with Crippen molar-refractivity contribution in [3.8, 4) is 0 Å². The molecule has 3 heteroatoms. The van der Waals surface area contributed by atoms with E-state index in [1.165, 1.54) is 16.8 Å². The van der Waals surface area contributed by atoms with Gasteiger partial charge in [-0.25, -0.2) is 0 Å². The van der Waals surface area contributed by atoms with Crippen LogP contribution in [0, 0.1) is 6.92 Å². The van der Waals surface area contributed by atoms with Crippen LogP contribution in [0.4, 0.5) is 5.69 Å². The molecule has 2 rings (SSSR count). The van der Waals surface area contributed by atoms with Gasteiger partial charge in [-0.2, -0.15) is 11.8 Å². The summed E-state index contributed by atoms with van der Waals surface area (Å²) < 4.78 is 1.12. The van der Waals surface area contributed by atoms with Crippen LogP contribution in [0.2, 0.25) is 0 Å². The zero-order chi connectivity index (χ0) is 13.5. The van der Waals surface area contributed by atoms with Crippen molar-refractivity contribution < 1.29 is 0 Å². The van der Waals surface area contributed by atoms with Gasteiger partial charge in [0.25, 0.3) is 0 Å². The highest BCUT2D eigenvalue weighted by atomic mass is 79.9. The lowest BCUT2D eigenvalue weighted by Gasteiger charge is -2.08. The molecule has 100 valence electrons. The summed E-state index contributed by atoms with van der Waals surface area (Å²) in [7, 11) is 0. The Balaban J connectivity index is 1.69. The number of halogens is 1. The van der Waals surface area contributed by atoms with E-state index < -0.39 is 0 Å². The van der Waals surface area contributed by atoms with Crippen LogP contribution in [-0.2, 0) is 5.75 Å². The molecule has 0 amide bonds. The highest BCUT2D eigenvalue weighted by molar-refractivity contribution is 9.10. The molecule has 1 N–H and O–H groups in total. The number of anilines is 1. The molecule has 0 unspecified atom stereocenters. The number of para-hydroxylation sites is 1. The molecule has 0 saturated heterocycles. The fourth-order valence-corrected chi connectivity index (χ4v) is 3.09. The van der Waals surface area contributed by atoms with E-state index in [9.17, 15) is 0 Å². The number of benzene rings is 2. The normalized spacial score (nSPS) is 10.4. The summed E-state index contributed by atoms with van der Waals surface area (Å²) in [4.78, 5) is 0. The zero-order valence-electron chi connectivity index (χ0n) is 11.0. The third-order valence-electron chi connectivity index (χ3n) is 2.79. The van der Waals surface area contributed by atoms with Gasteiger partial charge in [-0.15, -0.1) is 0 Å². The van der Waals surface area contributed by atoms with Gasteiger partial charge in [-0.3, -0.25) is 0 Å². The summed E-state index contributed by atoms with van der Waals surface area (Å²) in [5.41, 5.74) is 3.91. The number of rotatable bonds is 6. The SMILES string of the molecule is Cc1cccc(CSCCNc2ccccc2Br)c1. The maximum Gasteiger partial charge on any atom is 0.0484 e. The summed E-state index contributed by atoms with van der Waals surface area (Å²) in [5, 5.41) is 3.44. The molecule has 0 heterocycles. The second-order valence-corrected chi connectivity index (χ2v) is 6.41. The van der Waals surface area contributed by atoms with Crippen LogP contribution in [0.15, 0.2) is 53.0 Å². The van der Waals surface area contributed by atoms with E-state index in [4.69, 9.17) is 0 Å². The highest BCUT2D eigenvalue weighted by Crippen LogP contribution is 2.21. The third kappa shape index (κ3) is 4.92. The van der Waals surface area contributed by atoms with Crippen LogP contribution in [0.3, 0.4) is 0 Å². The Kier molecular flexibility index (Phi) is 5.80. The van der Waals surface area contributed by atoms with Gasteiger partial charge in [-0.05, 0) is 40.5 Å². The predicted molar refractivity (Wildman–Crippen MR) is 90.0 cm³/mol. The first-order chi connectivity index (χ1) is 9.25. The highest BCUT2D eigenvalue weighted by Gasteiger charge is 1.97. The summed E-state index contributed by atoms with van der Waals surface area (Å²) in [6.07, 6.45) is 0. The Morgan fingerprint density at radius 2 is 1.95 bits per heavy atom. The predicted octanol–water partition coefficient (Wildman–Crippen LogP) is 5.10. The standard InChI is InChI=1S/C16H18BrNS/c1-13-5-4-6-14(11-13)12-19-10-9-18-16-8-3-2-7-15(16)17/h2-8,11,18H,9-10,12H2,1H3. The van der Waals surface area contributed by atoms with Crippen LogP contribution in [0.5, 0.6) is 0 Å². The minimum atomic E-state index is 0.985. The van der Waals surface area contributed by atoms with E-state index in [1.54, 1.807) is 0 Å². The van der Waals surface area contributed by atoms with E-state index in [2.05, 4.69) is 64.6 Å². The maximum absolute atomic E-state index is 3.54. The fraction of sp³-hybridized carbons (Fsp3) is 0.250. The zero-order valence-corrected chi connectivity index (χ0v) is 13.4. The Hall–Kier alpha value is -0.930. The lowest BCUT2D eigenvalue weighted by atomic mass is 10.2. The molecule has 2 aromatic rings. The first kappa shape index (κ1) is 14.5. The molecule has 0 spiro atoms. The molecule has 1 nitrogen and oxygen atoms in total. The van der Waals surface area contributed by atoms with Gasteiger partial charge >= 0.3 is 0 Å². The first-order valence-electron chi connectivity index (χ1n) is 6.37. The molecule has 0 atom stereocenters. The number of aryl methyl sites for hydroxylation is 1. The summed E-state index contributed by atoms with van der Waals surface area (Å²) in [6.45, 7) is 3.13. The Morgan fingerprint density at radius 1 is 1.11 bits per heavy atom. The quantitative estimate of drug-likeness (QED) is 0.736. The van der Waals surface area contributed by atoms with Crippen LogP contribution >= 0.6 is 27.7 Å². The van der Waals surface area contributed by atoms with Crippen LogP contribution in [0.1, 0.15) is 11.1 Å². The molecule has 0 radical (unpaired) electrons. The van der Waals surface area contributed by atoms with E-state index >= 15 is 0 Å². The van der Waals surface area contributed by atoms with Crippen LogP contribution < -0.4 is 5.32 Å². The second-order valence-electron chi connectivity index (χ2n) is 4.45. The topological polar surface area (TPSA) is 12.0 Å². The molecule has 2 aromatic carbocycles. The lowest BCUT2D eigenvalue weighted by Crippen LogP contribution is -2.04. The molecule has 0 aliphatic carbocycles. The third-order valence-corrected chi connectivity index (χ3v) is 4.51. The lowest BCUT2D eigenvalue weighted by molar-refractivity contribution is 1.22. The van der Waals surface area contributed by atoms with Gasteiger partial charge in [-0.1, -0.05) is 42.0 Å². The van der Waals surface area contributed by atoms with Crippen molar-refractivity contribution in [3.63, 3.8) is 0 Å². The van der Waals surface area contributed by atoms with E-state index in [0.717, 1.165) is 22.5 Å². The van der Waals surface area contributed by atoms with Gasteiger partial charge in [0, 0.05) is 28.2 Å². The van der Waals surface area contributed by atoms with Crippen molar-refractivity contribution in [2.24, 2.45) is 0 Å². The van der Waals surface area contributed by atoms with Gasteiger partial charge < -0.3 is 5.32 Å².